The van der Waals surface area contributed by atoms with Crippen LogP contribution in [0.15, 0.2) is 24.3 Å². The van der Waals surface area contributed by atoms with E-state index in [1.807, 2.05) is 13.8 Å². The van der Waals surface area contributed by atoms with Gasteiger partial charge in [0.2, 0.25) is 0 Å². The maximum absolute atomic E-state index is 11.5. The summed E-state index contributed by atoms with van der Waals surface area (Å²) in [5.74, 6) is -1.07. The molecule has 4 nitrogen and oxygen atoms in total. The van der Waals surface area contributed by atoms with E-state index < -0.39 is 17.5 Å². The van der Waals surface area contributed by atoms with Gasteiger partial charge in [-0.15, -0.1) is 0 Å². The van der Waals surface area contributed by atoms with Crippen molar-refractivity contribution in [2.45, 2.75) is 46.1 Å². The van der Waals surface area contributed by atoms with Crippen LogP contribution in [0.1, 0.15) is 40.5 Å². The fourth-order valence-electron chi connectivity index (χ4n) is 1.29. The normalized spacial score (nSPS) is 13.1. The van der Waals surface area contributed by atoms with Gasteiger partial charge < -0.3 is 9.47 Å². The molecule has 4 heteroatoms. The van der Waals surface area contributed by atoms with E-state index in [-0.39, 0.29) is 6.61 Å². The Labute approximate surface area is 109 Å². The molecule has 0 aromatic carbocycles. The van der Waals surface area contributed by atoms with E-state index >= 15 is 0 Å². The minimum absolute atomic E-state index is 0.360. The van der Waals surface area contributed by atoms with Gasteiger partial charge in [-0.1, -0.05) is 18.2 Å². The van der Waals surface area contributed by atoms with E-state index in [0.29, 0.717) is 6.42 Å². The summed E-state index contributed by atoms with van der Waals surface area (Å²) in [4.78, 5) is 22.0. The highest BCUT2D eigenvalue weighted by molar-refractivity contribution is 5.75. The molecular formula is C14H22O4. The highest BCUT2D eigenvalue weighted by Crippen LogP contribution is 2.20. The molecule has 0 aromatic rings. The van der Waals surface area contributed by atoms with Crippen molar-refractivity contribution in [1.29, 1.82) is 0 Å². The molecule has 0 heterocycles. The second kappa shape index (κ2) is 7.69. The zero-order valence-electron chi connectivity index (χ0n) is 11.6. The van der Waals surface area contributed by atoms with Gasteiger partial charge in [0.05, 0.1) is 0 Å². The molecule has 102 valence electrons. The smallest absolute Gasteiger partial charge is 0.345 e. The largest absolute Gasteiger partial charge is 0.454 e. The van der Waals surface area contributed by atoms with Crippen LogP contribution in [0.4, 0.5) is 0 Å². The summed E-state index contributed by atoms with van der Waals surface area (Å²) in [6, 6.07) is 0. The fraction of sp³-hybridized carbons (Fsp3) is 0.571. The van der Waals surface area contributed by atoms with E-state index in [1.165, 1.54) is 12.5 Å². The first-order valence-corrected chi connectivity index (χ1v) is 5.91. The van der Waals surface area contributed by atoms with Crippen molar-refractivity contribution in [3.05, 3.63) is 24.3 Å². The average molecular weight is 254 g/mol. The molecule has 1 unspecified atom stereocenters. The third-order valence-corrected chi connectivity index (χ3v) is 2.37. The molecule has 0 aromatic heterocycles. The number of esters is 2. The number of hydrogen-bond acceptors (Lipinski definition) is 4. The molecule has 1 atom stereocenters. The Kier molecular flexibility index (Phi) is 7.01. The second-order valence-corrected chi connectivity index (χ2v) is 4.59. The highest BCUT2D eigenvalue weighted by Gasteiger charge is 2.24. The third-order valence-electron chi connectivity index (χ3n) is 2.37. The standard InChI is InChI=1S/C14H22O4/c1-6-14(5,9-7-8-11(2)3)18-13(16)10-17-12(4)15/h6,8H,1,7,9-10H2,2-5H3. The minimum Gasteiger partial charge on any atom is -0.454 e. The van der Waals surface area contributed by atoms with Gasteiger partial charge >= 0.3 is 11.9 Å². The van der Waals surface area contributed by atoms with E-state index in [1.54, 1.807) is 13.0 Å². The molecule has 0 fully saturated rings. The van der Waals surface area contributed by atoms with Crippen LogP contribution in [0.25, 0.3) is 0 Å². The summed E-state index contributed by atoms with van der Waals surface area (Å²) in [7, 11) is 0. The molecule has 0 saturated heterocycles. The number of rotatable bonds is 7. The monoisotopic (exact) mass is 254 g/mol. The van der Waals surface area contributed by atoms with Gasteiger partial charge in [-0.05, 0) is 39.7 Å². The number of allylic oxidation sites excluding steroid dienone is 2. The lowest BCUT2D eigenvalue weighted by molar-refractivity contribution is -0.165. The van der Waals surface area contributed by atoms with Crippen molar-refractivity contribution in [3.63, 3.8) is 0 Å². The van der Waals surface area contributed by atoms with Gasteiger partial charge in [-0.25, -0.2) is 4.79 Å². The second-order valence-electron chi connectivity index (χ2n) is 4.59. The summed E-state index contributed by atoms with van der Waals surface area (Å²) in [5.41, 5.74) is 0.482. The van der Waals surface area contributed by atoms with Crippen LogP contribution in [0, 0.1) is 0 Å². The van der Waals surface area contributed by atoms with Gasteiger partial charge in [0.15, 0.2) is 6.61 Å². The molecule has 0 amide bonds. The van der Waals surface area contributed by atoms with Crippen molar-refractivity contribution < 1.29 is 19.1 Å². The Balaban J connectivity index is 4.29. The maximum atomic E-state index is 11.5. The average Bonchev–Trinajstić information content (AvgIpc) is 2.25. The van der Waals surface area contributed by atoms with Crippen LogP contribution in [-0.4, -0.2) is 24.1 Å². The SMILES string of the molecule is C=CC(C)(CCC=C(C)C)OC(=O)COC(C)=O. The fourth-order valence-corrected chi connectivity index (χ4v) is 1.29. The summed E-state index contributed by atoms with van der Waals surface area (Å²) >= 11 is 0. The molecule has 0 radical (unpaired) electrons. The highest BCUT2D eigenvalue weighted by atomic mass is 16.6. The lowest BCUT2D eigenvalue weighted by Crippen LogP contribution is -2.31. The summed E-state index contributed by atoms with van der Waals surface area (Å²) in [5, 5.41) is 0. The molecule has 0 aliphatic carbocycles. The number of ether oxygens (including phenoxy) is 2. The zero-order chi connectivity index (χ0) is 14.2. The number of hydrogen-bond donors (Lipinski definition) is 0. The topological polar surface area (TPSA) is 52.6 Å². The van der Waals surface area contributed by atoms with E-state index in [0.717, 1.165) is 6.42 Å². The Morgan fingerprint density at radius 2 is 1.89 bits per heavy atom. The van der Waals surface area contributed by atoms with Gasteiger partial charge in [-0.3, -0.25) is 4.79 Å². The lowest BCUT2D eigenvalue weighted by Gasteiger charge is -2.25. The predicted octanol–water partition coefficient (Wildman–Crippen LogP) is 2.78. The van der Waals surface area contributed by atoms with Crippen LogP contribution in [-0.2, 0) is 19.1 Å². The first kappa shape index (κ1) is 16.4. The van der Waals surface area contributed by atoms with Crippen LogP contribution in [0.3, 0.4) is 0 Å². The number of carbonyl (C=O) groups excluding carboxylic acids is 2. The summed E-state index contributed by atoms with van der Waals surface area (Å²) in [6.07, 6.45) is 5.11. The molecule has 0 aliphatic heterocycles. The first-order valence-electron chi connectivity index (χ1n) is 5.91. The Hall–Kier alpha value is -1.58. The molecule has 0 rings (SSSR count). The van der Waals surface area contributed by atoms with Crippen molar-refractivity contribution in [1.82, 2.24) is 0 Å². The van der Waals surface area contributed by atoms with Crippen molar-refractivity contribution in [2.75, 3.05) is 6.61 Å². The third kappa shape index (κ3) is 7.65. The zero-order valence-corrected chi connectivity index (χ0v) is 11.6. The molecule has 0 spiro atoms. The van der Waals surface area contributed by atoms with Crippen molar-refractivity contribution in [2.24, 2.45) is 0 Å². The minimum atomic E-state index is -0.733. The van der Waals surface area contributed by atoms with E-state index in [4.69, 9.17) is 4.74 Å². The van der Waals surface area contributed by atoms with Gasteiger partial charge in [0, 0.05) is 6.92 Å². The Morgan fingerprint density at radius 1 is 1.28 bits per heavy atom. The quantitative estimate of drug-likeness (QED) is 0.518. The molecule has 18 heavy (non-hydrogen) atoms. The van der Waals surface area contributed by atoms with Crippen LogP contribution in [0.2, 0.25) is 0 Å². The maximum Gasteiger partial charge on any atom is 0.345 e. The van der Waals surface area contributed by atoms with E-state index in [9.17, 15) is 9.59 Å². The van der Waals surface area contributed by atoms with Crippen molar-refractivity contribution >= 4 is 11.9 Å². The summed E-state index contributed by atoms with van der Waals surface area (Å²) < 4.78 is 9.83. The lowest BCUT2D eigenvalue weighted by atomic mass is 9.99. The molecule has 0 bridgehead atoms. The molecule has 0 saturated carbocycles. The predicted molar refractivity (Wildman–Crippen MR) is 70.0 cm³/mol. The van der Waals surface area contributed by atoms with Gasteiger partial charge in [-0.2, -0.15) is 0 Å². The van der Waals surface area contributed by atoms with Crippen molar-refractivity contribution in [3.8, 4) is 0 Å². The first-order chi connectivity index (χ1) is 8.29. The van der Waals surface area contributed by atoms with Crippen LogP contribution < -0.4 is 0 Å². The summed E-state index contributed by atoms with van der Waals surface area (Å²) in [6.45, 7) is 10.4. The Bertz CT molecular complexity index is 340. The number of carbonyl (C=O) groups is 2. The Morgan fingerprint density at radius 3 is 2.33 bits per heavy atom. The molecule has 0 N–H and O–H groups in total. The van der Waals surface area contributed by atoms with Gasteiger partial charge in [0.25, 0.3) is 0 Å². The van der Waals surface area contributed by atoms with Crippen LogP contribution in [0.5, 0.6) is 0 Å². The molecular weight excluding hydrogens is 232 g/mol. The molecule has 0 aliphatic rings. The van der Waals surface area contributed by atoms with Crippen LogP contribution >= 0.6 is 0 Å². The van der Waals surface area contributed by atoms with E-state index in [2.05, 4.69) is 17.4 Å². The van der Waals surface area contributed by atoms with Gasteiger partial charge in [0.1, 0.15) is 5.60 Å².